The van der Waals surface area contributed by atoms with Crippen molar-refractivity contribution in [3.63, 3.8) is 0 Å². The molecule has 4 rings (SSSR count). The molecule has 174 valence electrons. The van der Waals surface area contributed by atoms with E-state index in [-0.39, 0.29) is 35.4 Å². The summed E-state index contributed by atoms with van der Waals surface area (Å²) < 4.78 is 5.66. The Labute approximate surface area is 193 Å². The summed E-state index contributed by atoms with van der Waals surface area (Å²) >= 11 is 0. The van der Waals surface area contributed by atoms with Gasteiger partial charge in [-0.3, -0.25) is 9.78 Å². The van der Waals surface area contributed by atoms with Crippen LogP contribution in [0.25, 0.3) is 6.08 Å². The third-order valence-electron chi connectivity index (χ3n) is 9.34. The van der Waals surface area contributed by atoms with Crippen LogP contribution in [0.2, 0.25) is 0 Å². The summed E-state index contributed by atoms with van der Waals surface area (Å²) in [6, 6.07) is 5.96. The zero-order valence-corrected chi connectivity index (χ0v) is 19.9. The summed E-state index contributed by atoms with van der Waals surface area (Å²) in [5.74, 6) is 1.34. The van der Waals surface area contributed by atoms with E-state index in [4.69, 9.17) is 4.74 Å². The first-order valence-corrected chi connectivity index (χ1v) is 12.3. The van der Waals surface area contributed by atoms with Gasteiger partial charge < -0.3 is 9.84 Å². The molecule has 0 radical (unpaired) electrons. The van der Waals surface area contributed by atoms with Crippen molar-refractivity contribution in [1.29, 1.82) is 0 Å². The Bertz CT molecular complexity index is 865. The van der Waals surface area contributed by atoms with Crippen LogP contribution in [0.4, 0.5) is 0 Å². The molecule has 0 aliphatic heterocycles. The molecule has 1 heterocycles. The lowest BCUT2D eigenvalue weighted by atomic mass is 9.49. The van der Waals surface area contributed by atoms with Gasteiger partial charge >= 0.3 is 5.97 Å². The topological polar surface area (TPSA) is 59.4 Å². The second-order valence-corrected chi connectivity index (χ2v) is 10.9. The van der Waals surface area contributed by atoms with Crippen LogP contribution in [0.15, 0.2) is 42.6 Å². The molecule has 3 fully saturated rings. The Hall–Kier alpha value is -1.94. The molecule has 0 aromatic carbocycles. The number of esters is 1. The van der Waals surface area contributed by atoms with Crippen LogP contribution in [0.5, 0.6) is 0 Å². The van der Waals surface area contributed by atoms with Crippen molar-refractivity contribution in [3.8, 4) is 0 Å². The minimum Gasteiger partial charge on any atom is -0.463 e. The molecule has 2 unspecified atom stereocenters. The largest absolute Gasteiger partial charge is 0.463 e. The highest BCUT2D eigenvalue weighted by molar-refractivity contribution is 5.66. The first-order valence-electron chi connectivity index (χ1n) is 12.3. The molecule has 3 aliphatic rings. The Balaban J connectivity index is 1.63. The second-order valence-electron chi connectivity index (χ2n) is 10.9. The summed E-state index contributed by atoms with van der Waals surface area (Å²) in [5.41, 5.74) is 2.57. The summed E-state index contributed by atoms with van der Waals surface area (Å²) in [4.78, 5) is 16.1. The van der Waals surface area contributed by atoms with Gasteiger partial charge in [-0.1, -0.05) is 38.1 Å². The molecule has 7 atom stereocenters. The van der Waals surface area contributed by atoms with Crippen LogP contribution in [0.1, 0.15) is 71.4 Å². The predicted octanol–water partition coefficient (Wildman–Crippen LogP) is 5.82. The zero-order valence-electron chi connectivity index (χ0n) is 19.9. The van der Waals surface area contributed by atoms with E-state index in [2.05, 4.69) is 37.6 Å². The molecule has 4 nitrogen and oxygen atoms in total. The molecule has 1 aromatic heterocycles. The maximum atomic E-state index is 11.7. The van der Waals surface area contributed by atoms with Gasteiger partial charge in [0.05, 0.1) is 5.69 Å². The molecule has 3 aliphatic carbocycles. The van der Waals surface area contributed by atoms with Gasteiger partial charge in [-0.15, -0.1) is 0 Å². The predicted molar refractivity (Wildman–Crippen MR) is 128 cm³/mol. The number of hydrogen-bond donors (Lipinski definition) is 1. The Kier molecular flexibility index (Phi) is 6.63. The molecular weight excluding hydrogens is 398 g/mol. The standard InChI is InChI=1S/C28H39NO3/c1-19-8-11-25-24(18-30)26(13-15-27(19,25)3)28(4)14-12-23(32-20(2)31)17-21(28)9-10-22-7-5-6-16-29-22/h5-7,9-10,16,21,23-26,30H,1,8,11-15,17-18H2,2-4H3/b10-9+/t21-,23-,24-,25?,26?,27+,28-/m0/s1. The number of rotatable bonds is 5. The number of pyridine rings is 1. The smallest absolute Gasteiger partial charge is 0.302 e. The van der Waals surface area contributed by atoms with E-state index in [1.165, 1.54) is 12.5 Å². The molecule has 1 aromatic rings. The van der Waals surface area contributed by atoms with Gasteiger partial charge in [-0.05, 0) is 97.7 Å². The van der Waals surface area contributed by atoms with Crippen molar-refractivity contribution >= 4 is 12.0 Å². The van der Waals surface area contributed by atoms with E-state index in [0.717, 1.165) is 50.6 Å². The van der Waals surface area contributed by atoms with Crippen molar-refractivity contribution in [2.75, 3.05) is 6.61 Å². The Morgan fingerprint density at radius 1 is 1.25 bits per heavy atom. The number of carbonyl (C=O) groups is 1. The van der Waals surface area contributed by atoms with Crippen LogP contribution >= 0.6 is 0 Å². The maximum Gasteiger partial charge on any atom is 0.302 e. The average molecular weight is 438 g/mol. The van der Waals surface area contributed by atoms with E-state index in [1.54, 1.807) is 0 Å². The van der Waals surface area contributed by atoms with Gasteiger partial charge in [0.15, 0.2) is 0 Å². The van der Waals surface area contributed by atoms with E-state index in [1.807, 2.05) is 24.4 Å². The van der Waals surface area contributed by atoms with Crippen molar-refractivity contribution < 1.29 is 14.6 Å². The highest BCUT2D eigenvalue weighted by Crippen LogP contribution is 2.63. The maximum absolute atomic E-state index is 11.7. The molecule has 0 amide bonds. The summed E-state index contributed by atoms with van der Waals surface area (Å²) in [6.45, 7) is 11.0. The Morgan fingerprint density at radius 2 is 2.06 bits per heavy atom. The lowest BCUT2D eigenvalue weighted by molar-refractivity contribution is -0.152. The van der Waals surface area contributed by atoms with Gasteiger partial charge in [0.25, 0.3) is 0 Å². The van der Waals surface area contributed by atoms with Crippen LogP contribution in [-0.2, 0) is 9.53 Å². The fraction of sp³-hybridized carbons (Fsp3) is 0.643. The van der Waals surface area contributed by atoms with Gasteiger partial charge in [0, 0.05) is 19.7 Å². The molecule has 0 bridgehead atoms. The molecule has 0 saturated heterocycles. The second kappa shape index (κ2) is 9.13. The fourth-order valence-electron chi connectivity index (χ4n) is 7.39. The monoisotopic (exact) mass is 437 g/mol. The molecule has 32 heavy (non-hydrogen) atoms. The number of ether oxygens (including phenoxy) is 1. The Morgan fingerprint density at radius 3 is 2.75 bits per heavy atom. The first kappa shape index (κ1) is 23.2. The van der Waals surface area contributed by atoms with Gasteiger partial charge in [-0.25, -0.2) is 0 Å². The van der Waals surface area contributed by atoms with Crippen molar-refractivity contribution in [1.82, 2.24) is 4.98 Å². The van der Waals surface area contributed by atoms with Gasteiger partial charge in [-0.2, -0.15) is 0 Å². The lowest BCUT2D eigenvalue weighted by Crippen LogP contribution is -2.51. The number of carbonyl (C=O) groups excluding carboxylic acids is 1. The highest BCUT2D eigenvalue weighted by atomic mass is 16.5. The van der Waals surface area contributed by atoms with Gasteiger partial charge in [0.1, 0.15) is 6.10 Å². The summed E-state index contributed by atoms with van der Waals surface area (Å²) in [5, 5.41) is 10.6. The molecule has 3 saturated carbocycles. The van der Waals surface area contributed by atoms with Crippen molar-refractivity contribution in [3.05, 3.63) is 48.3 Å². The number of hydrogen-bond acceptors (Lipinski definition) is 4. The van der Waals surface area contributed by atoms with Crippen molar-refractivity contribution in [2.24, 2.45) is 34.5 Å². The van der Waals surface area contributed by atoms with Crippen LogP contribution in [0.3, 0.4) is 0 Å². The highest BCUT2D eigenvalue weighted by Gasteiger charge is 2.56. The van der Waals surface area contributed by atoms with Crippen molar-refractivity contribution in [2.45, 2.75) is 71.8 Å². The van der Waals surface area contributed by atoms with Crippen LogP contribution in [0, 0.1) is 34.5 Å². The minimum atomic E-state index is -0.197. The van der Waals surface area contributed by atoms with E-state index < -0.39 is 0 Å². The SMILES string of the molecule is C=C1CCC2[C@H](CO)C([C@@]3(C)CC[C@H](OC(C)=O)C[C@@H]3/C=C/c3ccccn3)CC[C@]12C. The van der Waals surface area contributed by atoms with Crippen LogP contribution < -0.4 is 0 Å². The molecule has 4 heteroatoms. The minimum absolute atomic E-state index is 0.0355. The number of nitrogens with zero attached hydrogens (tertiary/aromatic N) is 1. The molecular formula is C28H39NO3. The first-order chi connectivity index (χ1) is 15.3. The lowest BCUT2D eigenvalue weighted by Gasteiger charge is -2.56. The third-order valence-corrected chi connectivity index (χ3v) is 9.34. The summed E-state index contributed by atoms with van der Waals surface area (Å²) in [6.07, 6.45) is 13.5. The number of aliphatic hydroxyl groups is 1. The number of aromatic nitrogens is 1. The zero-order chi connectivity index (χ0) is 22.9. The van der Waals surface area contributed by atoms with Gasteiger partial charge in [0.2, 0.25) is 0 Å². The molecule has 0 spiro atoms. The van der Waals surface area contributed by atoms with E-state index in [9.17, 15) is 9.90 Å². The number of aliphatic hydroxyl groups excluding tert-OH is 1. The average Bonchev–Trinajstić information content (AvgIpc) is 3.08. The fourth-order valence-corrected chi connectivity index (χ4v) is 7.39. The summed E-state index contributed by atoms with van der Waals surface area (Å²) in [7, 11) is 0. The molecule has 1 N–H and O–H groups in total. The van der Waals surface area contributed by atoms with Crippen LogP contribution in [-0.4, -0.2) is 28.8 Å². The third kappa shape index (κ3) is 4.19. The van der Waals surface area contributed by atoms with E-state index >= 15 is 0 Å². The normalized spacial score (nSPS) is 39.8. The number of fused-ring (bicyclic) bond motifs is 1. The number of allylic oxidation sites excluding steroid dienone is 2. The quantitative estimate of drug-likeness (QED) is 0.465. The van der Waals surface area contributed by atoms with E-state index in [0.29, 0.717) is 17.8 Å².